The number of ether oxygens (including phenoxy) is 2. The normalized spacial score (nSPS) is 18.7. The maximum atomic E-state index is 12.3. The van der Waals surface area contributed by atoms with E-state index in [0.29, 0.717) is 44.5 Å². The maximum absolute atomic E-state index is 12.3. The van der Waals surface area contributed by atoms with Crippen LogP contribution >= 0.6 is 0 Å². The standard InChI is InChI=1S/C36H46N2O8/c1-38(23-32(41)29-7-6-8-30(40)19-29)22-31-20-33(27-15-13-26(24-39)14-16-27)46-36(45-31)28-17-11-25(12-18-28)21-37-34(42)9-4-2-3-5-10-35(43)44/h6-8,11-19,31-33,36,39-41H,2-5,9-10,20-24H2,1H3,(H,37,42)(H,43,44)/t31-,32-,33+,36+/m1/s1. The van der Waals surface area contributed by atoms with Gasteiger partial charge in [-0.15, -0.1) is 0 Å². The number of aromatic hydroxyl groups is 1. The number of hydrogen-bond donors (Lipinski definition) is 5. The van der Waals surface area contributed by atoms with Crippen molar-refractivity contribution in [2.45, 2.75) is 82.7 Å². The molecule has 0 aliphatic carbocycles. The summed E-state index contributed by atoms with van der Waals surface area (Å²) in [6.45, 7) is 1.27. The minimum absolute atomic E-state index is 0.0301. The number of aliphatic hydroxyl groups excluding tert-OH is 2. The van der Waals surface area contributed by atoms with Crippen LogP contribution in [0.25, 0.3) is 0 Å². The zero-order valence-electron chi connectivity index (χ0n) is 26.4. The lowest BCUT2D eigenvalue weighted by Gasteiger charge is -2.38. The Kier molecular flexibility index (Phi) is 13.5. The zero-order chi connectivity index (χ0) is 32.9. The Labute approximate surface area is 270 Å². The van der Waals surface area contributed by atoms with Crippen LogP contribution in [-0.2, 0) is 32.2 Å². The molecule has 5 N–H and O–H groups in total. The van der Waals surface area contributed by atoms with Crippen molar-refractivity contribution in [1.29, 1.82) is 0 Å². The van der Waals surface area contributed by atoms with Crippen LogP contribution in [0.4, 0.5) is 0 Å². The molecule has 0 bridgehead atoms. The third-order valence-corrected chi connectivity index (χ3v) is 8.16. The summed E-state index contributed by atoms with van der Waals surface area (Å²) in [6.07, 6.45) is 2.34. The first-order chi connectivity index (χ1) is 22.2. The fourth-order valence-electron chi connectivity index (χ4n) is 5.58. The molecule has 0 saturated carbocycles. The van der Waals surface area contributed by atoms with E-state index in [0.717, 1.165) is 41.5 Å². The minimum atomic E-state index is -0.787. The molecule has 1 heterocycles. The number of phenols is 1. The smallest absolute Gasteiger partial charge is 0.303 e. The van der Waals surface area contributed by atoms with E-state index in [1.54, 1.807) is 24.3 Å². The lowest BCUT2D eigenvalue weighted by molar-refractivity contribution is -0.252. The van der Waals surface area contributed by atoms with E-state index < -0.39 is 18.4 Å². The van der Waals surface area contributed by atoms with Gasteiger partial charge in [-0.1, -0.05) is 73.5 Å². The van der Waals surface area contributed by atoms with Crippen LogP contribution in [0, 0.1) is 0 Å². The van der Waals surface area contributed by atoms with E-state index in [2.05, 4.69) is 5.32 Å². The highest BCUT2D eigenvalue weighted by Gasteiger charge is 2.33. The van der Waals surface area contributed by atoms with Crippen molar-refractivity contribution < 1.29 is 39.5 Å². The van der Waals surface area contributed by atoms with Crippen molar-refractivity contribution in [2.75, 3.05) is 20.1 Å². The number of nitrogens with one attached hydrogen (secondary N) is 1. The van der Waals surface area contributed by atoms with Crippen LogP contribution in [0.2, 0.25) is 0 Å². The van der Waals surface area contributed by atoms with Crippen LogP contribution in [0.15, 0.2) is 72.8 Å². The van der Waals surface area contributed by atoms with Crippen LogP contribution < -0.4 is 5.32 Å². The first-order valence-electron chi connectivity index (χ1n) is 15.9. The number of carboxylic acid groups (broad SMARTS) is 1. The van der Waals surface area contributed by atoms with Crippen molar-refractivity contribution in [3.63, 3.8) is 0 Å². The predicted octanol–water partition coefficient (Wildman–Crippen LogP) is 5.14. The largest absolute Gasteiger partial charge is 0.508 e. The van der Waals surface area contributed by atoms with Gasteiger partial charge < -0.3 is 40.1 Å². The summed E-state index contributed by atoms with van der Waals surface area (Å²) in [7, 11) is 1.92. The number of hydrogen-bond acceptors (Lipinski definition) is 8. The quantitative estimate of drug-likeness (QED) is 0.127. The van der Waals surface area contributed by atoms with Crippen LogP contribution in [0.1, 0.15) is 91.3 Å². The van der Waals surface area contributed by atoms with E-state index >= 15 is 0 Å². The molecular formula is C36H46N2O8. The Bertz CT molecular complexity index is 1380. The van der Waals surface area contributed by atoms with E-state index in [4.69, 9.17) is 14.6 Å². The number of aliphatic carboxylic acids is 1. The van der Waals surface area contributed by atoms with E-state index in [-0.39, 0.29) is 36.9 Å². The second kappa shape index (κ2) is 17.8. The molecule has 10 heteroatoms. The Hall–Kier alpha value is -3.80. The van der Waals surface area contributed by atoms with Crippen LogP contribution in [0.5, 0.6) is 5.75 Å². The van der Waals surface area contributed by atoms with E-state index in [1.165, 1.54) is 0 Å². The van der Waals surface area contributed by atoms with Crippen molar-refractivity contribution in [3.05, 3.63) is 101 Å². The Morgan fingerprint density at radius 1 is 0.913 bits per heavy atom. The number of carbonyl (C=O) groups is 2. The number of rotatable bonds is 17. The van der Waals surface area contributed by atoms with Gasteiger partial charge in [0.15, 0.2) is 6.29 Å². The van der Waals surface area contributed by atoms with Gasteiger partial charge in [0.2, 0.25) is 5.91 Å². The molecule has 3 aromatic rings. The number of benzene rings is 3. The molecule has 0 aromatic heterocycles. The lowest BCUT2D eigenvalue weighted by Crippen LogP contribution is -2.39. The molecule has 0 spiro atoms. The number of carbonyl (C=O) groups excluding carboxylic acids is 1. The summed E-state index contributed by atoms with van der Waals surface area (Å²) in [6, 6.07) is 22.1. The molecule has 0 radical (unpaired) electrons. The monoisotopic (exact) mass is 634 g/mol. The molecule has 0 unspecified atom stereocenters. The van der Waals surface area contributed by atoms with Crippen molar-refractivity contribution >= 4 is 11.9 Å². The van der Waals surface area contributed by atoms with E-state index in [9.17, 15) is 24.9 Å². The Morgan fingerprint density at radius 2 is 1.59 bits per heavy atom. The summed E-state index contributed by atoms with van der Waals surface area (Å²) in [5.41, 5.74) is 4.24. The minimum Gasteiger partial charge on any atom is -0.508 e. The number of carboxylic acids is 1. The molecule has 1 fully saturated rings. The fraction of sp³-hybridized carbons (Fsp3) is 0.444. The van der Waals surface area contributed by atoms with Gasteiger partial charge >= 0.3 is 5.97 Å². The fourth-order valence-corrected chi connectivity index (χ4v) is 5.58. The highest BCUT2D eigenvalue weighted by atomic mass is 16.7. The second-order valence-corrected chi connectivity index (χ2v) is 12.0. The second-order valence-electron chi connectivity index (χ2n) is 12.0. The van der Waals surface area contributed by atoms with Crippen molar-refractivity contribution in [3.8, 4) is 5.75 Å². The number of likely N-dealkylation sites (N-methyl/N-ethyl adjacent to an activating group) is 1. The molecular weight excluding hydrogens is 588 g/mol. The average Bonchev–Trinajstić information content (AvgIpc) is 3.05. The third-order valence-electron chi connectivity index (χ3n) is 8.16. The molecule has 3 aromatic carbocycles. The summed E-state index contributed by atoms with van der Waals surface area (Å²) in [5, 5.41) is 41.7. The SMILES string of the molecule is CN(C[C@H]1C[C@@H](c2ccc(CO)cc2)O[C@@H](c2ccc(CNC(=O)CCCCCCC(=O)O)cc2)O1)C[C@@H](O)c1cccc(O)c1. The molecule has 248 valence electrons. The van der Waals surface area contributed by atoms with Crippen molar-refractivity contribution in [1.82, 2.24) is 10.2 Å². The summed E-state index contributed by atoms with van der Waals surface area (Å²) in [5.74, 6) is -0.706. The molecule has 1 amide bonds. The molecule has 46 heavy (non-hydrogen) atoms. The van der Waals surface area contributed by atoms with E-state index in [1.807, 2.05) is 60.5 Å². The van der Waals surface area contributed by atoms with Crippen molar-refractivity contribution in [2.24, 2.45) is 0 Å². The number of phenolic OH excluding ortho intramolecular Hbond substituents is 1. The van der Waals surface area contributed by atoms with Gasteiger partial charge in [0.05, 0.1) is 24.9 Å². The molecule has 4 rings (SSSR count). The lowest BCUT2D eigenvalue weighted by atomic mass is 9.99. The predicted molar refractivity (Wildman–Crippen MR) is 173 cm³/mol. The first kappa shape index (κ1) is 35.1. The van der Waals surface area contributed by atoms with Crippen LogP contribution in [-0.4, -0.2) is 63.4 Å². The zero-order valence-corrected chi connectivity index (χ0v) is 26.4. The number of nitrogens with zero attached hydrogens (tertiary/aromatic N) is 1. The third kappa shape index (κ3) is 11.2. The molecule has 1 aliphatic heterocycles. The maximum Gasteiger partial charge on any atom is 0.303 e. The Balaban J connectivity index is 1.35. The molecule has 4 atom stereocenters. The molecule has 1 aliphatic rings. The van der Waals surface area contributed by atoms with Gasteiger partial charge in [0.25, 0.3) is 0 Å². The van der Waals surface area contributed by atoms with Gasteiger partial charge in [-0.05, 0) is 54.3 Å². The van der Waals surface area contributed by atoms with Gasteiger partial charge in [-0.2, -0.15) is 0 Å². The van der Waals surface area contributed by atoms with Gasteiger partial charge in [0.1, 0.15) is 5.75 Å². The summed E-state index contributed by atoms with van der Waals surface area (Å²) >= 11 is 0. The number of unbranched alkanes of at least 4 members (excludes halogenated alkanes) is 3. The van der Waals surface area contributed by atoms with Gasteiger partial charge in [-0.3, -0.25) is 9.59 Å². The molecule has 10 nitrogen and oxygen atoms in total. The highest BCUT2D eigenvalue weighted by molar-refractivity contribution is 5.75. The Morgan fingerprint density at radius 3 is 2.26 bits per heavy atom. The molecule has 1 saturated heterocycles. The van der Waals surface area contributed by atoms with Gasteiger partial charge in [0, 0.05) is 44.5 Å². The summed E-state index contributed by atoms with van der Waals surface area (Å²) in [4.78, 5) is 24.9. The van der Waals surface area contributed by atoms with Gasteiger partial charge in [-0.25, -0.2) is 0 Å². The number of amides is 1. The first-order valence-corrected chi connectivity index (χ1v) is 15.9. The summed E-state index contributed by atoms with van der Waals surface area (Å²) < 4.78 is 12.9. The topological polar surface area (TPSA) is 149 Å². The average molecular weight is 635 g/mol. The highest BCUT2D eigenvalue weighted by Crippen LogP contribution is 2.38. The van der Waals surface area contributed by atoms with Crippen LogP contribution in [0.3, 0.4) is 0 Å². The number of aliphatic hydroxyl groups is 2.